The Morgan fingerprint density at radius 3 is 2.15 bits per heavy atom. The van der Waals surface area contributed by atoms with Gasteiger partial charge in [0, 0.05) is 30.7 Å². The fraction of sp³-hybridized carbons (Fsp3) is 0.579. The Balaban J connectivity index is 2.46. The van der Waals surface area contributed by atoms with E-state index in [0.717, 1.165) is 6.54 Å². The lowest BCUT2D eigenvalue weighted by Gasteiger charge is -2.30. The third-order valence-corrected chi connectivity index (χ3v) is 4.07. The van der Waals surface area contributed by atoms with Gasteiger partial charge in [-0.2, -0.15) is 0 Å². The van der Waals surface area contributed by atoms with Gasteiger partial charge in [-0.1, -0.05) is 0 Å². The molecule has 26 heavy (non-hydrogen) atoms. The van der Waals surface area contributed by atoms with Gasteiger partial charge in [0.1, 0.15) is 0 Å². The van der Waals surface area contributed by atoms with Crippen molar-refractivity contribution in [3.8, 4) is 11.5 Å². The molecular formula is C19H31N3O4. The quantitative estimate of drug-likeness (QED) is 0.659. The highest BCUT2D eigenvalue weighted by Gasteiger charge is 2.14. The monoisotopic (exact) mass is 365 g/mol. The van der Waals surface area contributed by atoms with Crippen molar-refractivity contribution in [2.75, 3.05) is 33.9 Å². The summed E-state index contributed by atoms with van der Waals surface area (Å²) in [4.78, 5) is 26.4. The minimum atomic E-state index is -0.341. The Morgan fingerprint density at radius 2 is 1.62 bits per heavy atom. The maximum atomic E-state index is 12.2. The summed E-state index contributed by atoms with van der Waals surface area (Å²) in [7, 11) is 3.03. The highest BCUT2D eigenvalue weighted by molar-refractivity contribution is 5.97. The third-order valence-electron chi connectivity index (χ3n) is 4.07. The summed E-state index contributed by atoms with van der Waals surface area (Å²) in [5.41, 5.74) is 0.404. The van der Waals surface area contributed by atoms with Crippen LogP contribution in [0.15, 0.2) is 18.2 Å². The largest absolute Gasteiger partial charge is 0.493 e. The number of methoxy groups -OCH3 is 2. The first kappa shape index (κ1) is 21.8. The first-order chi connectivity index (χ1) is 12.3. The lowest BCUT2D eigenvalue weighted by atomic mass is 10.2. The van der Waals surface area contributed by atoms with Crippen molar-refractivity contribution in [1.82, 2.24) is 15.5 Å². The molecule has 1 aromatic rings. The maximum Gasteiger partial charge on any atom is 0.251 e. The Labute approximate surface area is 156 Å². The van der Waals surface area contributed by atoms with Crippen molar-refractivity contribution in [1.29, 1.82) is 0 Å². The van der Waals surface area contributed by atoms with Gasteiger partial charge in [-0.15, -0.1) is 0 Å². The molecule has 0 aliphatic heterocycles. The first-order valence-corrected chi connectivity index (χ1v) is 8.82. The van der Waals surface area contributed by atoms with E-state index in [-0.39, 0.29) is 18.4 Å². The molecule has 0 spiro atoms. The van der Waals surface area contributed by atoms with Crippen molar-refractivity contribution < 1.29 is 19.1 Å². The number of benzene rings is 1. The van der Waals surface area contributed by atoms with Crippen LogP contribution in [0.5, 0.6) is 11.5 Å². The van der Waals surface area contributed by atoms with Crippen LogP contribution in [-0.4, -0.2) is 62.7 Å². The highest BCUT2D eigenvalue weighted by Crippen LogP contribution is 2.27. The number of nitrogens with zero attached hydrogens (tertiary/aromatic N) is 1. The van der Waals surface area contributed by atoms with E-state index in [1.165, 1.54) is 14.2 Å². The van der Waals surface area contributed by atoms with Crippen molar-refractivity contribution >= 4 is 11.8 Å². The van der Waals surface area contributed by atoms with Crippen LogP contribution in [0.3, 0.4) is 0 Å². The topological polar surface area (TPSA) is 79.9 Å². The van der Waals surface area contributed by atoms with Gasteiger partial charge < -0.3 is 20.1 Å². The molecule has 0 heterocycles. The molecule has 2 N–H and O–H groups in total. The molecule has 1 aromatic carbocycles. The van der Waals surface area contributed by atoms with E-state index in [1.54, 1.807) is 18.2 Å². The molecule has 0 aromatic heterocycles. The van der Waals surface area contributed by atoms with Crippen LogP contribution in [0.1, 0.15) is 38.1 Å². The molecule has 0 aliphatic rings. The predicted octanol–water partition coefficient (Wildman–Crippen LogP) is 1.67. The molecule has 1 rings (SSSR count). The second kappa shape index (κ2) is 10.7. The number of carbonyl (C=O) groups is 2. The van der Waals surface area contributed by atoms with Crippen molar-refractivity contribution in [2.24, 2.45) is 0 Å². The van der Waals surface area contributed by atoms with E-state index in [1.807, 2.05) is 0 Å². The van der Waals surface area contributed by atoms with E-state index in [0.29, 0.717) is 35.7 Å². The molecule has 0 aliphatic carbocycles. The molecule has 7 heteroatoms. The average molecular weight is 365 g/mol. The standard InChI is InChI=1S/C19H31N3O4/c1-13(2)22(14(3)4)10-9-20-18(23)12-21-19(24)15-7-8-16(25-5)17(11-15)26-6/h7-8,11,13-14H,9-10,12H2,1-6H3,(H,20,23)(H,21,24). The van der Waals surface area contributed by atoms with E-state index in [4.69, 9.17) is 9.47 Å². The molecule has 0 radical (unpaired) electrons. The number of hydrogen-bond acceptors (Lipinski definition) is 5. The summed E-state index contributed by atoms with van der Waals surface area (Å²) in [6.45, 7) is 9.76. The van der Waals surface area contributed by atoms with Gasteiger partial charge in [0.05, 0.1) is 20.8 Å². The van der Waals surface area contributed by atoms with Crippen LogP contribution in [0.25, 0.3) is 0 Å². The Hall–Kier alpha value is -2.28. The Kier molecular flexibility index (Phi) is 8.92. The second-order valence-corrected chi connectivity index (χ2v) is 6.53. The zero-order chi connectivity index (χ0) is 19.7. The van der Waals surface area contributed by atoms with Crippen LogP contribution in [-0.2, 0) is 4.79 Å². The van der Waals surface area contributed by atoms with E-state index < -0.39 is 0 Å². The number of carbonyl (C=O) groups excluding carboxylic acids is 2. The number of ether oxygens (including phenoxy) is 2. The van der Waals surface area contributed by atoms with Gasteiger partial charge in [-0.3, -0.25) is 14.5 Å². The summed E-state index contributed by atoms with van der Waals surface area (Å²) in [6.07, 6.45) is 0. The summed E-state index contributed by atoms with van der Waals surface area (Å²) in [5.74, 6) is 0.451. The van der Waals surface area contributed by atoms with Crippen LogP contribution < -0.4 is 20.1 Å². The van der Waals surface area contributed by atoms with Gasteiger partial charge in [-0.25, -0.2) is 0 Å². The minimum Gasteiger partial charge on any atom is -0.493 e. The molecule has 146 valence electrons. The Morgan fingerprint density at radius 1 is 1.00 bits per heavy atom. The zero-order valence-corrected chi connectivity index (χ0v) is 16.6. The van der Waals surface area contributed by atoms with E-state index in [9.17, 15) is 9.59 Å². The smallest absolute Gasteiger partial charge is 0.251 e. The molecule has 0 fully saturated rings. The normalized spacial score (nSPS) is 11.0. The summed E-state index contributed by atoms with van der Waals surface area (Å²) in [6, 6.07) is 5.68. The zero-order valence-electron chi connectivity index (χ0n) is 16.6. The summed E-state index contributed by atoms with van der Waals surface area (Å²) < 4.78 is 10.3. The number of hydrogen-bond donors (Lipinski definition) is 2. The number of rotatable bonds is 10. The van der Waals surface area contributed by atoms with Crippen molar-refractivity contribution in [2.45, 2.75) is 39.8 Å². The van der Waals surface area contributed by atoms with E-state index in [2.05, 4.69) is 43.2 Å². The molecule has 0 bridgehead atoms. The lowest BCUT2D eigenvalue weighted by Crippen LogP contribution is -2.44. The van der Waals surface area contributed by atoms with Crippen LogP contribution >= 0.6 is 0 Å². The minimum absolute atomic E-state index is 0.0729. The van der Waals surface area contributed by atoms with Gasteiger partial charge in [0.2, 0.25) is 5.91 Å². The van der Waals surface area contributed by atoms with Crippen molar-refractivity contribution in [3.63, 3.8) is 0 Å². The summed E-state index contributed by atoms with van der Waals surface area (Å²) in [5, 5.41) is 5.44. The average Bonchev–Trinajstić information content (AvgIpc) is 2.61. The fourth-order valence-electron chi connectivity index (χ4n) is 2.74. The first-order valence-electron chi connectivity index (χ1n) is 8.82. The van der Waals surface area contributed by atoms with Crippen LogP contribution in [0.4, 0.5) is 0 Å². The van der Waals surface area contributed by atoms with E-state index >= 15 is 0 Å². The van der Waals surface area contributed by atoms with Gasteiger partial charge in [0.25, 0.3) is 5.91 Å². The SMILES string of the molecule is COc1ccc(C(=O)NCC(=O)NCCN(C(C)C)C(C)C)cc1OC. The fourth-order valence-corrected chi connectivity index (χ4v) is 2.74. The summed E-state index contributed by atoms with van der Waals surface area (Å²) >= 11 is 0. The maximum absolute atomic E-state index is 12.2. The number of amides is 2. The predicted molar refractivity (Wildman–Crippen MR) is 102 cm³/mol. The molecule has 0 saturated carbocycles. The number of nitrogens with one attached hydrogen (secondary N) is 2. The molecule has 0 saturated heterocycles. The third kappa shape index (κ3) is 6.55. The lowest BCUT2D eigenvalue weighted by molar-refractivity contribution is -0.120. The van der Waals surface area contributed by atoms with Gasteiger partial charge in [0.15, 0.2) is 11.5 Å². The Bertz CT molecular complexity index is 594. The molecular weight excluding hydrogens is 334 g/mol. The van der Waals surface area contributed by atoms with Crippen LogP contribution in [0.2, 0.25) is 0 Å². The van der Waals surface area contributed by atoms with Gasteiger partial charge in [-0.05, 0) is 45.9 Å². The van der Waals surface area contributed by atoms with Crippen LogP contribution in [0, 0.1) is 0 Å². The molecule has 2 amide bonds. The van der Waals surface area contributed by atoms with Crippen molar-refractivity contribution in [3.05, 3.63) is 23.8 Å². The molecule has 7 nitrogen and oxygen atoms in total. The second-order valence-electron chi connectivity index (χ2n) is 6.53. The molecule has 0 unspecified atom stereocenters. The molecule has 0 atom stereocenters. The highest BCUT2D eigenvalue weighted by atomic mass is 16.5. The van der Waals surface area contributed by atoms with Gasteiger partial charge >= 0.3 is 0 Å².